The first-order valence-electron chi connectivity index (χ1n) is 11.0. The van der Waals surface area contributed by atoms with Crippen LogP contribution in [-0.2, 0) is 14.3 Å². The number of carboxylic acids is 1. The molecule has 0 bridgehead atoms. The minimum atomic E-state index is -1.08. The first-order valence-corrected chi connectivity index (χ1v) is 11.0. The fourth-order valence-electron chi connectivity index (χ4n) is 4.14. The summed E-state index contributed by atoms with van der Waals surface area (Å²) in [6, 6.07) is 15.2. The summed E-state index contributed by atoms with van der Waals surface area (Å²) in [6.45, 7) is 3.67. The van der Waals surface area contributed by atoms with Crippen molar-refractivity contribution in [2.45, 2.75) is 45.1 Å². The van der Waals surface area contributed by atoms with Crippen molar-refractivity contribution in [3.05, 3.63) is 59.7 Å². The average Bonchev–Trinajstić information content (AvgIpc) is 3.10. The number of nitrogens with zero attached hydrogens (tertiary/aromatic N) is 1. The van der Waals surface area contributed by atoms with Crippen molar-refractivity contribution in [2.75, 3.05) is 19.7 Å². The number of fused-ring (bicyclic) bond motifs is 3. The second kappa shape index (κ2) is 10.8. The normalized spacial score (nSPS) is 13.1. The first kappa shape index (κ1) is 23.3. The number of aliphatic carboxylic acids is 1. The van der Waals surface area contributed by atoms with Gasteiger partial charge in [0.15, 0.2) is 0 Å². The SMILES string of the molecule is CCCCCN(CC(=O)O)C(=O)[C@H](C)NC(=O)OCC1c2ccccc2-c2ccccc21. The van der Waals surface area contributed by atoms with E-state index in [1.807, 2.05) is 43.3 Å². The Hall–Kier alpha value is -3.35. The van der Waals surface area contributed by atoms with Gasteiger partial charge < -0.3 is 20.1 Å². The van der Waals surface area contributed by atoms with Crippen LogP contribution in [0.1, 0.15) is 50.2 Å². The molecule has 0 heterocycles. The highest BCUT2D eigenvalue weighted by Gasteiger charge is 2.30. The van der Waals surface area contributed by atoms with Crippen LogP contribution in [0.3, 0.4) is 0 Å². The van der Waals surface area contributed by atoms with Crippen LogP contribution in [-0.4, -0.2) is 53.7 Å². The van der Waals surface area contributed by atoms with Crippen LogP contribution < -0.4 is 5.32 Å². The minimum absolute atomic E-state index is 0.0725. The molecule has 3 rings (SSSR count). The molecule has 0 fully saturated rings. The summed E-state index contributed by atoms with van der Waals surface area (Å²) in [7, 11) is 0. The van der Waals surface area contributed by atoms with Gasteiger partial charge in [0.2, 0.25) is 5.91 Å². The Kier molecular flexibility index (Phi) is 7.87. The number of hydrogen-bond acceptors (Lipinski definition) is 4. The third-order valence-corrected chi connectivity index (χ3v) is 5.72. The van der Waals surface area contributed by atoms with Crippen molar-refractivity contribution >= 4 is 18.0 Å². The van der Waals surface area contributed by atoms with Gasteiger partial charge in [0.1, 0.15) is 19.2 Å². The molecule has 7 heteroatoms. The van der Waals surface area contributed by atoms with Crippen LogP contribution in [0.15, 0.2) is 48.5 Å². The third-order valence-electron chi connectivity index (χ3n) is 5.72. The molecule has 0 unspecified atom stereocenters. The summed E-state index contributed by atoms with van der Waals surface area (Å²) >= 11 is 0. The zero-order valence-electron chi connectivity index (χ0n) is 18.5. The standard InChI is InChI=1S/C25H30N2O5/c1-3-4-9-14-27(15-23(28)29)24(30)17(2)26-25(31)32-16-22-20-12-7-5-10-18(20)19-11-6-8-13-21(19)22/h5-8,10-13,17,22H,3-4,9,14-16H2,1-2H3,(H,26,31)(H,28,29)/t17-/m0/s1. The molecule has 0 saturated heterocycles. The van der Waals surface area contributed by atoms with Crippen LogP contribution in [0.4, 0.5) is 4.79 Å². The predicted octanol–water partition coefficient (Wildman–Crippen LogP) is 4.02. The maximum Gasteiger partial charge on any atom is 0.407 e. The quantitative estimate of drug-likeness (QED) is 0.546. The first-order chi connectivity index (χ1) is 15.4. The molecule has 0 radical (unpaired) electrons. The van der Waals surface area contributed by atoms with Gasteiger partial charge in [0.05, 0.1) is 0 Å². The number of amides is 2. The van der Waals surface area contributed by atoms with E-state index in [1.54, 1.807) is 6.92 Å². The van der Waals surface area contributed by atoms with Crippen LogP contribution in [0, 0.1) is 0 Å². The third kappa shape index (κ3) is 5.46. The van der Waals surface area contributed by atoms with E-state index in [1.165, 1.54) is 4.90 Å². The van der Waals surface area contributed by atoms with Gasteiger partial charge in [-0.25, -0.2) is 4.79 Å². The molecule has 2 amide bonds. The van der Waals surface area contributed by atoms with Gasteiger partial charge in [-0.15, -0.1) is 0 Å². The summed E-state index contributed by atoms with van der Waals surface area (Å²) in [4.78, 5) is 37.5. The molecule has 2 aromatic carbocycles. The van der Waals surface area contributed by atoms with E-state index < -0.39 is 24.0 Å². The lowest BCUT2D eigenvalue weighted by Crippen LogP contribution is -2.49. The zero-order valence-corrected chi connectivity index (χ0v) is 18.5. The van der Waals surface area contributed by atoms with Gasteiger partial charge in [0.25, 0.3) is 0 Å². The second-order valence-electron chi connectivity index (χ2n) is 8.05. The van der Waals surface area contributed by atoms with E-state index in [4.69, 9.17) is 9.84 Å². The van der Waals surface area contributed by atoms with E-state index in [-0.39, 0.29) is 19.1 Å². The Labute approximate surface area is 188 Å². The molecule has 1 aliphatic rings. The summed E-state index contributed by atoms with van der Waals surface area (Å²) < 4.78 is 5.48. The Morgan fingerprint density at radius 3 is 2.19 bits per heavy atom. The number of alkyl carbamates (subject to hydrolysis) is 1. The van der Waals surface area contributed by atoms with Crippen molar-refractivity contribution in [1.82, 2.24) is 10.2 Å². The Morgan fingerprint density at radius 1 is 1.03 bits per heavy atom. The minimum Gasteiger partial charge on any atom is -0.480 e. The molecule has 0 spiro atoms. The Balaban J connectivity index is 1.59. The summed E-state index contributed by atoms with van der Waals surface area (Å²) in [5, 5.41) is 11.7. The Bertz CT molecular complexity index is 929. The van der Waals surface area contributed by atoms with E-state index in [0.717, 1.165) is 35.1 Å². The number of nitrogens with one attached hydrogen (secondary N) is 1. The largest absolute Gasteiger partial charge is 0.480 e. The van der Waals surface area contributed by atoms with Gasteiger partial charge in [-0.05, 0) is 35.6 Å². The van der Waals surface area contributed by atoms with E-state index in [9.17, 15) is 14.4 Å². The topological polar surface area (TPSA) is 95.9 Å². The number of rotatable bonds is 10. The maximum absolute atomic E-state index is 12.7. The van der Waals surface area contributed by atoms with Gasteiger partial charge in [-0.1, -0.05) is 68.3 Å². The molecule has 32 heavy (non-hydrogen) atoms. The number of unbranched alkanes of at least 4 members (excludes halogenated alkanes) is 2. The number of carboxylic acid groups (broad SMARTS) is 1. The van der Waals surface area contributed by atoms with Crippen molar-refractivity contribution in [3.8, 4) is 11.1 Å². The van der Waals surface area contributed by atoms with Crippen LogP contribution in [0.2, 0.25) is 0 Å². The smallest absolute Gasteiger partial charge is 0.407 e. The predicted molar refractivity (Wildman–Crippen MR) is 121 cm³/mol. The maximum atomic E-state index is 12.7. The number of carbonyl (C=O) groups excluding carboxylic acids is 2. The van der Waals surface area contributed by atoms with Gasteiger partial charge >= 0.3 is 12.1 Å². The molecule has 0 aliphatic heterocycles. The fraction of sp³-hybridized carbons (Fsp3) is 0.400. The second-order valence-corrected chi connectivity index (χ2v) is 8.05. The molecular weight excluding hydrogens is 408 g/mol. The highest BCUT2D eigenvalue weighted by Crippen LogP contribution is 2.44. The Morgan fingerprint density at radius 2 is 1.62 bits per heavy atom. The number of carbonyl (C=O) groups is 3. The monoisotopic (exact) mass is 438 g/mol. The molecule has 0 aromatic heterocycles. The van der Waals surface area contributed by atoms with E-state index in [2.05, 4.69) is 17.4 Å². The molecule has 1 atom stereocenters. The summed E-state index contributed by atoms with van der Waals surface area (Å²) in [6.07, 6.45) is 1.88. The molecular formula is C25H30N2O5. The van der Waals surface area contributed by atoms with Crippen molar-refractivity contribution in [3.63, 3.8) is 0 Å². The van der Waals surface area contributed by atoms with Crippen molar-refractivity contribution in [2.24, 2.45) is 0 Å². The van der Waals surface area contributed by atoms with Crippen molar-refractivity contribution in [1.29, 1.82) is 0 Å². The summed E-state index contributed by atoms with van der Waals surface area (Å²) in [5.74, 6) is -1.59. The van der Waals surface area contributed by atoms with Gasteiger partial charge in [0, 0.05) is 12.5 Å². The molecule has 2 aromatic rings. The average molecular weight is 439 g/mol. The highest BCUT2D eigenvalue weighted by atomic mass is 16.5. The molecule has 0 saturated carbocycles. The molecule has 7 nitrogen and oxygen atoms in total. The van der Waals surface area contributed by atoms with Gasteiger partial charge in [-0.2, -0.15) is 0 Å². The molecule has 170 valence electrons. The number of hydrogen-bond donors (Lipinski definition) is 2. The molecule has 2 N–H and O–H groups in total. The zero-order chi connectivity index (χ0) is 23.1. The van der Waals surface area contributed by atoms with Gasteiger partial charge in [-0.3, -0.25) is 9.59 Å². The number of ether oxygens (including phenoxy) is 1. The van der Waals surface area contributed by atoms with E-state index >= 15 is 0 Å². The lowest BCUT2D eigenvalue weighted by atomic mass is 9.98. The number of benzene rings is 2. The van der Waals surface area contributed by atoms with Crippen LogP contribution >= 0.6 is 0 Å². The van der Waals surface area contributed by atoms with Crippen LogP contribution in [0.5, 0.6) is 0 Å². The highest BCUT2D eigenvalue weighted by molar-refractivity contribution is 5.87. The van der Waals surface area contributed by atoms with E-state index in [0.29, 0.717) is 13.0 Å². The van der Waals surface area contributed by atoms with Crippen LogP contribution in [0.25, 0.3) is 11.1 Å². The fourth-order valence-corrected chi connectivity index (χ4v) is 4.14. The summed E-state index contributed by atoms with van der Waals surface area (Å²) in [5.41, 5.74) is 4.48. The van der Waals surface area contributed by atoms with Crippen molar-refractivity contribution < 1.29 is 24.2 Å². The molecule has 1 aliphatic carbocycles. The lowest BCUT2D eigenvalue weighted by Gasteiger charge is -2.24. The lowest BCUT2D eigenvalue weighted by molar-refractivity contribution is -0.145.